The fourth-order valence-corrected chi connectivity index (χ4v) is 0.914. The van der Waals surface area contributed by atoms with Gasteiger partial charge >= 0.3 is 5.97 Å². The van der Waals surface area contributed by atoms with Gasteiger partial charge < -0.3 is 4.74 Å². The zero-order chi connectivity index (χ0) is 7.98. The number of carbonyl (C=O) groups excluding carboxylic acids is 1. The maximum atomic E-state index is 10.6. The summed E-state index contributed by atoms with van der Waals surface area (Å²) in [5.41, 5.74) is 0. The van der Waals surface area contributed by atoms with E-state index < -0.39 is 10.8 Å². The second-order valence-electron chi connectivity index (χ2n) is 1.83. The second-order valence-corrected chi connectivity index (χ2v) is 3.39. The number of esters is 1. The summed E-state index contributed by atoms with van der Waals surface area (Å²) < 4.78 is 15.1. The second kappa shape index (κ2) is 5.41. The molecule has 0 bridgehead atoms. The molecule has 0 fully saturated rings. The minimum Gasteiger partial charge on any atom is -0.466 e. The molecule has 1 unspecified atom stereocenters. The molecule has 0 radical (unpaired) electrons. The Kier molecular flexibility index (Phi) is 5.20. The Morgan fingerprint density at radius 1 is 1.60 bits per heavy atom. The number of carbonyl (C=O) groups is 1. The maximum Gasteiger partial charge on any atom is 0.306 e. The van der Waals surface area contributed by atoms with E-state index in [0.29, 0.717) is 12.4 Å². The van der Waals surface area contributed by atoms with Crippen molar-refractivity contribution in [2.45, 2.75) is 13.3 Å². The van der Waals surface area contributed by atoms with Crippen LogP contribution < -0.4 is 0 Å². The van der Waals surface area contributed by atoms with E-state index in [1.165, 1.54) is 0 Å². The lowest BCUT2D eigenvalue weighted by Crippen LogP contribution is -2.08. The Morgan fingerprint density at radius 3 is 2.60 bits per heavy atom. The van der Waals surface area contributed by atoms with Crippen LogP contribution in [0.4, 0.5) is 0 Å². The molecule has 0 aliphatic carbocycles. The van der Waals surface area contributed by atoms with Crippen molar-refractivity contribution < 1.29 is 13.7 Å². The Morgan fingerprint density at radius 2 is 2.20 bits per heavy atom. The molecule has 0 amide bonds. The lowest BCUT2D eigenvalue weighted by atomic mass is 10.5. The zero-order valence-corrected chi connectivity index (χ0v) is 7.07. The SMILES string of the molecule is CCOC(=O)CCS(C)=O. The van der Waals surface area contributed by atoms with Crippen molar-refractivity contribution in [3.63, 3.8) is 0 Å². The van der Waals surface area contributed by atoms with Gasteiger partial charge in [0.2, 0.25) is 0 Å². The summed E-state index contributed by atoms with van der Waals surface area (Å²) in [6.07, 6.45) is 1.83. The molecule has 3 nitrogen and oxygen atoms in total. The number of rotatable bonds is 4. The van der Waals surface area contributed by atoms with Gasteiger partial charge in [0, 0.05) is 22.8 Å². The molecule has 0 rings (SSSR count). The van der Waals surface area contributed by atoms with E-state index in [2.05, 4.69) is 4.74 Å². The third-order valence-corrected chi connectivity index (χ3v) is 1.68. The van der Waals surface area contributed by atoms with Crippen molar-refractivity contribution in [2.24, 2.45) is 0 Å². The first-order valence-electron chi connectivity index (χ1n) is 3.12. The minimum absolute atomic E-state index is 0.261. The summed E-state index contributed by atoms with van der Waals surface area (Å²) >= 11 is 0. The van der Waals surface area contributed by atoms with E-state index in [1.807, 2.05) is 0 Å². The number of hydrogen-bond donors (Lipinski definition) is 0. The van der Waals surface area contributed by atoms with Gasteiger partial charge in [0.1, 0.15) is 0 Å². The van der Waals surface area contributed by atoms with Gasteiger partial charge in [0.05, 0.1) is 13.0 Å². The highest BCUT2D eigenvalue weighted by molar-refractivity contribution is 7.84. The van der Waals surface area contributed by atoms with Crippen LogP contribution in [-0.2, 0) is 20.3 Å². The molecule has 0 heterocycles. The van der Waals surface area contributed by atoms with E-state index >= 15 is 0 Å². The Bertz CT molecular complexity index is 133. The number of hydrogen-bond acceptors (Lipinski definition) is 3. The first-order chi connectivity index (χ1) is 4.66. The first kappa shape index (κ1) is 9.62. The normalized spacial score (nSPS) is 12.6. The van der Waals surface area contributed by atoms with Crippen LogP contribution in [0.1, 0.15) is 13.3 Å². The standard InChI is InChI=1S/C6H12O3S/c1-3-9-6(7)4-5-10(2)8/h3-5H2,1-2H3. The summed E-state index contributed by atoms with van der Waals surface area (Å²) in [7, 11) is -0.891. The molecule has 60 valence electrons. The third kappa shape index (κ3) is 5.75. The Labute approximate surface area is 63.2 Å². The lowest BCUT2D eigenvalue weighted by molar-refractivity contribution is -0.142. The molecule has 0 aromatic heterocycles. The predicted molar refractivity (Wildman–Crippen MR) is 40.2 cm³/mol. The van der Waals surface area contributed by atoms with Gasteiger partial charge in [-0.05, 0) is 6.92 Å². The fourth-order valence-electron chi connectivity index (χ4n) is 0.460. The van der Waals surface area contributed by atoms with E-state index in [9.17, 15) is 9.00 Å². The Hall–Kier alpha value is -0.380. The van der Waals surface area contributed by atoms with Gasteiger partial charge in [0.15, 0.2) is 0 Å². The maximum absolute atomic E-state index is 10.6. The van der Waals surface area contributed by atoms with Crippen LogP contribution >= 0.6 is 0 Å². The molecule has 0 spiro atoms. The summed E-state index contributed by atoms with van der Waals surface area (Å²) in [5, 5.41) is 0. The smallest absolute Gasteiger partial charge is 0.306 e. The minimum atomic E-state index is -0.891. The monoisotopic (exact) mass is 164 g/mol. The number of ether oxygens (including phenoxy) is 1. The van der Waals surface area contributed by atoms with Crippen LogP contribution in [-0.4, -0.2) is 28.8 Å². The van der Waals surface area contributed by atoms with Crippen molar-refractivity contribution in [2.75, 3.05) is 18.6 Å². The van der Waals surface area contributed by atoms with E-state index in [1.54, 1.807) is 13.2 Å². The van der Waals surface area contributed by atoms with Crippen LogP contribution in [0.15, 0.2) is 0 Å². The quantitative estimate of drug-likeness (QED) is 0.562. The highest BCUT2D eigenvalue weighted by Crippen LogP contribution is 1.87. The molecule has 0 aliphatic heterocycles. The molecule has 0 N–H and O–H groups in total. The van der Waals surface area contributed by atoms with Gasteiger partial charge in [-0.2, -0.15) is 0 Å². The van der Waals surface area contributed by atoms with Gasteiger partial charge in [0.25, 0.3) is 0 Å². The van der Waals surface area contributed by atoms with Crippen molar-refractivity contribution >= 4 is 16.8 Å². The molecule has 4 heteroatoms. The fraction of sp³-hybridized carbons (Fsp3) is 0.833. The zero-order valence-electron chi connectivity index (χ0n) is 6.25. The third-order valence-electron chi connectivity index (χ3n) is 0.899. The first-order valence-corrected chi connectivity index (χ1v) is 4.85. The molecule has 1 atom stereocenters. The van der Waals surface area contributed by atoms with Crippen molar-refractivity contribution in [1.82, 2.24) is 0 Å². The summed E-state index contributed by atoms with van der Waals surface area (Å²) in [5.74, 6) is 0.136. The van der Waals surface area contributed by atoms with Gasteiger partial charge in [-0.15, -0.1) is 0 Å². The molecule has 0 aromatic carbocycles. The predicted octanol–water partition coefficient (Wildman–Crippen LogP) is 0.318. The van der Waals surface area contributed by atoms with Crippen LogP contribution in [0.25, 0.3) is 0 Å². The highest BCUT2D eigenvalue weighted by Gasteiger charge is 2.01. The van der Waals surface area contributed by atoms with E-state index in [0.717, 1.165) is 0 Å². The van der Waals surface area contributed by atoms with Crippen LogP contribution in [0.3, 0.4) is 0 Å². The highest BCUT2D eigenvalue weighted by atomic mass is 32.2. The van der Waals surface area contributed by atoms with Crippen LogP contribution in [0.2, 0.25) is 0 Å². The molecular weight excluding hydrogens is 152 g/mol. The average molecular weight is 164 g/mol. The molecule has 0 aromatic rings. The topological polar surface area (TPSA) is 43.4 Å². The van der Waals surface area contributed by atoms with Gasteiger partial charge in [-0.25, -0.2) is 0 Å². The van der Waals surface area contributed by atoms with Crippen molar-refractivity contribution in [3.8, 4) is 0 Å². The van der Waals surface area contributed by atoms with Gasteiger partial charge in [-0.3, -0.25) is 9.00 Å². The summed E-state index contributed by atoms with van der Waals surface area (Å²) in [6, 6.07) is 0. The lowest BCUT2D eigenvalue weighted by Gasteiger charge is -1.98. The summed E-state index contributed by atoms with van der Waals surface area (Å²) in [4.78, 5) is 10.6. The van der Waals surface area contributed by atoms with Crippen LogP contribution in [0.5, 0.6) is 0 Å². The van der Waals surface area contributed by atoms with Gasteiger partial charge in [-0.1, -0.05) is 0 Å². The Balaban J connectivity index is 3.30. The van der Waals surface area contributed by atoms with Crippen molar-refractivity contribution in [3.05, 3.63) is 0 Å². The van der Waals surface area contributed by atoms with E-state index in [4.69, 9.17) is 0 Å². The largest absolute Gasteiger partial charge is 0.466 e. The average Bonchev–Trinajstić information content (AvgIpc) is 1.85. The molecule has 0 aliphatic rings. The summed E-state index contributed by atoms with van der Waals surface area (Å²) in [6.45, 7) is 2.15. The molecule has 10 heavy (non-hydrogen) atoms. The molecule has 0 saturated heterocycles. The van der Waals surface area contributed by atoms with Crippen molar-refractivity contribution in [1.29, 1.82) is 0 Å². The van der Waals surface area contributed by atoms with E-state index in [-0.39, 0.29) is 12.4 Å². The molecular formula is C6H12O3S. The van der Waals surface area contributed by atoms with Crippen LogP contribution in [0, 0.1) is 0 Å². The molecule has 0 saturated carbocycles.